The van der Waals surface area contributed by atoms with E-state index in [-0.39, 0.29) is 0 Å². The first-order valence-electron chi connectivity index (χ1n) is 4.83. The Morgan fingerprint density at radius 2 is 2.08 bits per heavy atom. The zero-order valence-electron chi connectivity index (χ0n) is 8.92. The second kappa shape index (κ2) is 4.31. The maximum absolute atomic E-state index is 5.32. The van der Waals surface area contributed by atoms with Gasteiger partial charge in [-0.2, -0.15) is 0 Å². The van der Waals surface area contributed by atoms with E-state index >= 15 is 0 Å². The number of hydrogen-bond donors (Lipinski definition) is 0. The predicted octanol–water partition coefficient (Wildman–Crippen LogP) is 3.52. The van der Waals surface area contributed by atoms with Crippen LogP contribution in [0.15, 0.2) is 18.2 Å². The summed E-state index contributed by atoms with van der Waals surface area (Å²) in [4.78, 5) is 0. The minimum absolute atomic E-state index is 0.579. The molecule has 1 rings (SSSR count). The molecule has 0 radical (unpaired) electrons. The Morgan fingerprint density at radius 3 is 2.62 bits per heavy atom. The first-order valence-corrected chi connectivity index (χ1v) is 4.83. The Kier molecular flexibility index (Phi) is 3.35. The van der Waals surface area contributed by atoms with Gasteiger partial charge in [0.05, 0.1) is 7.11 Å². The fourth-order valence-corrected chi connectivity index (χ4v) is 1.46. The SMILES string of the molecule is CCC(C)c1cc(C)ccc1OC. The number of aryl methyl sites for hydroxylation is 1. The Morgan fingerprint density at radius 1 is 1.38 bits per heavy atom. The molecule has 0 aliphatic carbocycles. The van der Waals surface area contributed by atoms with Gasteiger partial charge in [0.2, 0.25) is 0 Å². The maximum Gasteiger partial charge on any atom is 0.122 e. The quantitative estimate of drug-likeness (QED) is 0.688. The van der Waals surface area contributed by atoms with E-state index < -0.39 is 0 Å². The number of methoxy groups -OCH3 is 1. The van der Waals surface area contributed by atoms with Crippen LogP contribution in [0.3, 0.4) is 0 Å². The molecule has 1 nitrogen and oxygen atoms in total. The normalized spacial score (nSPS) is 12.6. The van der Waals surface area contributed by atoms with Crippen LogP contribution >= 0.6 is 0 Å². The molecule has 13 heavy (non-hydrogen) atoms. The molecule has 1 unspecified atom stereocenters. The van der Waals surface area contributed by atoms with Crippen LogP contribution in [0.25, 0.3) is 0 Å². The largest absolute Gasteiger partial charge is 0.496 e. The van der Waals surface area contributed by atoms with E-state index in [1.54, 1.807) is 7.11 Å². The summed E-state index contributed by atoms with van der Waals surface area (Å²) in [5.74, 6) is 1.59. The zero-order chi connectivity index (χ0) is 9.84. The molecule has 0 aliphatic rings. The average Bonchev–Trinajstić information content (AvgIpc) is 2.16. The Bertz CT molecular complexity index is 278. The third-order valence-electron chi connectivity index (χ3n) is 2.53. The molecular formula is C12H18O. The number of hydrogen-bond acceptors (Lipinski definition) is 1. The van der Waals surface area contributed by atoms with Crippen LogP contribution in [0.4, 0.5) is 0 Å². The van der Waals surface area contributed by atoms with E-state index in [2.05, 4.69) is 39.0 Å². The molecule has 0 aliphatic heterocycles. The van der Waals surface area contributed by atoms with E-state index in [0.717, 1.165) is 12.2 Å². The molecule has 0 fully saturated rings. The van der Waals surface area contributed by atoms with Gasteiger partial charge in [0.15, 0.2) is 0 Å². The molecule has 0 saturated heterocycles. The first kappa shape index (κ1) is 10.1. The molecular weight excluding hydrogens is 160 g/mol. The lowest BCUT2D eigenvalue weighted by atomic mass is 9.96. The highest BCUT2D eigenvalue weighted by Crippen LogP contribution is 2.29. The second-order valence-corrected chi connectivity index (χ2v) is 3.55. The highest BCUT2D eigenvalue weighted by molar-refractivity contribution is 5.39. The standard InChI is InChI=1S/C12H18O/c1-5-10(3)11-8-9(2)6-7-12(11)13-4/h6-8,10H,5H2,1-4H3. The fourth-order valence-electron chi connectivity index (χ4n) is 1.46. The monoisotopic (exact) mass is 178 g/mol. The van der Waals surface area contributed by atoms with Gasteiger partial charge in [0.1, 0.15) is 5.75 Å². The van der Waals surface area contributed by atoms with E-state index in [0.29, 0.717) is 5.92 Å². The third-order valence-corrected chi connectivity index (χ3v) is 2.53. The van der Waals surface area contributed by atoms with Crippen LogP contribution < -0.4 is 4.74 Å². The van der Waals surface area contributed by atoms with Crippen molar-refractivity contribution < 1.29 is 4.74 Å². The lowest BCUT2D eigenvalue weighted by Gasteiger charge is -2.14. The van der Waals surface area contributed by atoms with Gasteiger partial charge in [-0.15, -0.1) is 0 Å². The van der Waals surface area contributed by atoms with Gasteiger partial charge in [0.25, 0.3) is 0 Å². The number of benzene rings is 1. The van der Waals surface area contributed by atoms with E-state index in [9.17, 15) is 0 Å². The highest BCUT2D eigenvalue weighted by Gasteiger charge is 2.08. The number of ether oxygens (including phenoxy) is 1. The summed E-state index contributed by atoms with van der Waals surface area (Å²) in [6.45, 7) is 6.55. The molecule has 1 aromatic carbocycles. The summed E-state index contributed by atoms with van der Waals surface area (Å²) in [5, 5.41) is 0. The van der Waals surface area contributed by atoms with Crippen molar-refractivity contribution in [3.8, 4) is 5.75 Å². The van der Waals surface area contributed by atoms with Crippen LogP contribution in [0.2, 0.25) is 0 Å². The van der Waals surface area contributed by atoms with Gasteiger partial charge < -0.3 is 4.74 Å². The molecule has 1 atom stereocenters. The van der Waals surface area contributed by atoms with Gasteiger partial charge in [-0.3, -0.25) is 0 Å². The molecule has 72 valence electrons. The summed E-state index contributed by atoms with van der Waals surface area (Å²) >= 11 is 0. The van der Waals surface area contributed by atoms with Crippen molar-refractivity contribution >= 4 is 0 Å². The zero-order valence-corrected chi connectivity index (χ0v) is 8.92. The van der Waals surface area contributed by atoms with Gasteiger partial charge in [-0.1, -0.05) is 31.5 Å². The summed E-state index contributed by atoms with van der Waals surface area (Å²) in [6.07, 6.45) is 1.15. The van der Waals surface area contributed by atoms with Crippen LogP contribution in [-0.2, 0) is 0 Å². The summed E-state index contributed by atoms with van der Waals surface area (Å²) in [7, 11) is 1.73. The van der Waals surface area contributed by atoms with Crippen LogP contribution in [0, 0.1) is 6.92 Å². The van der Waals surface area contributed by atoms with Crippen molar-refractivity contribution in [2.75, 3.05) is 7.11 Å². The Labute approximate surface area is 80.7 Å². The summed E-state index contributed by atoms with van der Waals surface area (Å²) in [5.41, 5.74) is 2.63. The van der Waals surface area contributed by atoms with Crippen molar-refractivity contribution in [1.29, 1.82) is 0 Å². The molecule has 0 heterocycles. The van der Waals surface area contributed by atoms with E-state index in [1.807, 2.05) is 0 Å². The lowest BCUT2D eigenvalue weighted by Crippen LogP contribution is -1.96. The van der Waals surface area contributed by atoms with Gasteiger partial charge >= 0.3 is 0 Å². The minimum Gasteiger partial charge on any atom is -0.496 e. The molecule has 0 bridgehead atoms. The topological polar surface area (TPSA) is 9.23 Å². The van der Waals surface area contributed by atoms with Crippen molar-refractivity contribution in [2.45, 2.75) is 33.1 Å². The molecule has 0 saturated carbocycles. The van der Waals surface area contributed by atoms with Crippen molar-refractivity contribution in [2.24, 2.45) is 0 Å². The summed E-state index contributed by atoms with van der Waals surface area (Å²) in [6, 6.07) is 6.36. The maximum atomic E-state index is 5.32. The molecule has 0 N–H and O–H groups in total. The first-order chi connectivity index (χ1) is 6.19. The molecule has 0 aromatic heterocycles. The lowest BCUT2D eigenvalue weighted by molar-refractivity contribution is 0.406. The predicted molar refractivity (Wildman–Crippen MR) is 56.4 cm³/mol. The fraction of sp³-hybridized carbons (Fsp3) is 0.500. The van der Waals surface area contributed by atoms with Crippen LogP contribution in [0.1, 0.15) is 37.3 Å². The Hall–Kier alpha value is -0.980. The van der Waals surface area contributed by atoms with Crippen LogP contribution in [0.5, 0.6) is 5.75 Å². The Balaban J connectivity index is 3.07. The third kappa shape index (κ3) is 2.24. The van der Waals surface area contributed by atoms with Crippen molar-refractivity contribution in [1.82, 2.24) is 0 Å². The van der Waals surface area contributed by atoms with E-state index in [1.165, 1.54) is 11.1 Å². The van der Waals surface area contributed by atoms with Crippen molar-refractivity contribution in [3.63, 3.8) is 0 Å². The second-order valence-electron chi connectivity index (χ2n) is 3.55. The van der Waals surface area contributed by atoms with Crippen LogP contribution in [-0.4, -0.2) is 7.11 Å². The smallest absolute Gasteiger partial charge is 0.122 e. The molecule has 0 amide bonds. The number of rotatable bonds is 3. The van der Waals surface area contributed by atoms with E-state index in [4.69, 9.17) is 4.74 Å². The molecule has 1 heteroatoms. The van der Waals surface area contributed by atoms with Gasteiger partial charge in [0, 0.05) is 0 Å². The molecule has 0 spiro atoms. The van der Waals surface area contributed by atoms with Crippen molar-refractivity contribution in [3.05, 3.63) is 29.3 Å². The highest BCUT2D eigenvalue weighted by atomic mass is 16.5. The van der Waals surface area contributed by atoms with Gasteiger partial charge in [-0.05, 0) is 30.9 Å². The van der Waals surface area contributed by atoms with Gasteiger partial charge in [-0.25, -0.2) is 0 Å². The average molecular weight is 178 g/mol. The molecule has 1 aromatic rings. The summed E-state index contributed by atoms with van der Waals surface area (Å²) < 4.78 is 5.32. The minimum atomic E-state index is 0.579.